The van der Waals surface area contributed by atoms with Crippen LogP contribution in [0, 0.1) is 12.7 Å². The number of hydrogen-bond acceptors (Lipinski definition) is 3. The van der Waals surface area contributed by atoms with Crippen LogP contribution in [0.4, 0.5) is 10.1 Å². The third kappa shape index (κ3) is 3.49. The van der Waals surface area contributed by atoms with Gasteiger partial charge in [0.25, 0.3) is 5.91 Å². The molecule has 1 unspecified atom stereocenters. The maximum atomic E-state index is 13.7. The summed E-state index contributed by atoms with van der Waals surface area (Å²) < 4.78 is 19.2. The molecule has 3 saturated heterocycles. The number of halogens is 1. The molecule has 0 aliphatic carbocycles. The zero-order chi connectivity index (χ0) is 20.7. The highest BCUT2D eigenvalue weighted by Crippen LogP contribution is 2.44. The van der Waals surface area contributed by atoms with Gasteiger partial charge in [-0.15, -0.1) is 0 Å². The van der Waals surface area contributed by atoms with Crippen LogP contribution in [0.2, 0.25) is 0 Å². The van der Waals surface area contributed by atoms with E-state index in [2.05, 4.69) is 15.9 Å². The van der Waals surface area contributed by atoms with Gasteiger partial charge in [0.1, 0.15) is 5.82 Å². The standard InChI is InChI=1S/C25H29FN2O2/c1-17-14-18(6-9-23(17)26)19-15-20-7-8-21(16-19)28(20)25(29)22-4-2-3-5-24(22)27-10-12-30-13-11-27/h2-6,9,14,19-21H,7-8,10-13,15-16H2,1H3/t19?,20-,21+. The van der Waals surface area contributed by atoms with Crippen molar-refractivity contribution in [3.05, 3.63) is 65.0 Å². The lowest BCUT2D eigenvalue weighted by Crippen LogP contribution is -2.46. The average molecular weight is 409 g/mol. The minimum atomic E-state index is -0.144. The topological polar surface area (TPSA) is 32.8 Å². The zero-order valence-corrected chi connectivity index (χ0v) is 17.5. The molecule has 0 N–H and O–H groups in total. The maximum absolute atomic E-state index is 13.7. The van der Waals surface area contributed by atoms with E-state index in [-0.39, 0.29) is 23.8 Å². The van der Waals surface area contributed by atoms with Crippen molar-refractivity contribution in [2.75, 3.05) is 31.2 Å². The Labute approximate surface area is 177 Å². The number of carbonyl (C=O) groups is 1. The number of anilines is 1. The van der Waals surface area contributed by atoms with Crippen LogP contribution in [0.3, 0.4) is 0 Å². The molecule has 2 aromatic carbocycles. The molecule has 1 amide bonds. The van der Waals surface area contributed by atoms with E-state index in [0.29, 0.717) is 24.7 Å². The Balaban J connectivity index is 1.38. The van der Waals surface area contributed by atoms with Gasteiger partial charge in [-0.1, -0.05) is 24.3 Å². The monoisotopic (exact) mass is 408 g/mol. The van der Waals surface area contributed by atoms with Crippen LogP contribution in [0.25, 0.3) is 0 Å². The van der Waals surface area contributed by atoms with Gasteiger partial charge in [-0.2, -0.15) is 0 Å². The average Bonchev–Trinajstić information content (AvgIpc) is 3.05. The van der Waals surface area contributed by atoms with E-state index in [1.807, 2.05) is 37.3 Å². The van der Waals surface area contributed by atoms with Gasteiger partial charge in [-0.3, -0.25) is 4.79 Å². The predicted octanol–water partition coefficient (Wildman–Crippen LogP) is 4.52. The summed E-state index contributed by atoms with van der Waals surface area (Å²) in [5.74, 6) is 0.424. The van der Waals surface area contributed by atoms with Gasteiger partial charge in [0.2, 0.25) is 0 Å². The lowest BCUT2D eigenvalue weighted by molar-refractivity contribution is 0.0571. The number of hydrogen-bond donors (Lipinski definition) is 0. The molecule has 0 radical (unpaired) electrons. The molecule has 0 aromatic heterocycles. The number of rotatable bonds is 3. The minimum absolute atomic E-state index is 0.144. The Kier molecular flexibility index (Phi) is 5.23. The molecule has 3 heterocycles. The van der Waals surface area contributed by atoms with Crippen molar-refractivity contribution in [3.8, 4) is 0 Å². The fourth-order valence-electron chi connectivity index (χ4n) is 5.58. The number of piperidine rings is 1. The van der Waals surface area contributed by atoms with Gasteiger partial charge in [-0.05, 0) is 67.9 Å². The van der Waals surface area contributed by atoms with Crippen LogP contribution >= 0.6 is 0 Å². The predicted molar refractivity (Wildman–Crippen MR) is 116 cm³/mol. The molecule has 2 bridgehead atoms. The number of para-hydroxylation sites is 1. The van der Waals surface area contributed by atoms with Crippen LogP contribution in [-0.2, 0) is 4.74 Å². The van der Waals surface area contributed by atoms with Gasteiger partial charge in [0, 0.05) is 30.9 Å². The summed E-state index contributed by atoms with van der Waals surface area (Å²) in [6.45, 7) is 4.88. The molecule has 0 saturated carbocycles. The van der Waals surface area contributed by atoms with Crippen LogP contribution in [0.15, 0.2) is 42.5 Å². The van der Waals surface area contributed by atoms with E-state index < -0.39 is 0 Å². The first-order valence-corrected chi connectivity index (χ1v) is 11.1. The molecular weight excluding hydrogens is 379 g/mol. The van der Waals surface area contributed by atoms with Crippen molar-refractivity contribution in [1.29, 1.82) is 0 Å². The summed E-state index contributed by atoms with van der Waals surface area (Å²) in [5.41, 5.74) is 3.76. The van der Waals surface area contributed by atoms with Crippen molar-refractivity contribution in [2.45, 2.75) is 50.6 Å². The summed E-state index contributed by atoms with van der Waals surface area (Å²) in [6.07, 6.45) is 4.06. The molecule has 3 aliphatic rings. The molecule has 158 valence electrons. The van der Waals surface area contributed by atoms with Crippen LogP contribution in [-0.4, -0.2) is 49.2 Å². The number of benzene rings is 2. The SMILES string of the molecule is Cc1cc(C2C[C@H]3CC[C@@H](C2)N3C(=O)c2ccccc2N2CCOCC2)ccc1F. The number of carbonyl (C=O) groups excluding carboxylic acids is 1. The van der Waals surface area contributed by atoms with E-state index in [9.17, 15) is 9.18 Å². The number of ether oxygens (including phenoxy) is 1. The number of fused-ring (bicyclic) bond motifs is 2. The van der Waals surface area contributed by atoms with Crippen molar-refractivity contribution in [3.63, 3.8) is 0 Å². The van der Waals surface area contributed by atoms with E-state index in [4.69, 9.17) is 4.74 Å². The lowest BCUT2D eigenvalue weighted by Gasteiger charge is -2.40. The molecule has 0 spiro atoms. The van der Waals surface area contributed by atoms with Crippen molar-refractivity contribution in [1.82, 2.24) is 4.90 Å². The Morgan fingerprint density at radius 1 is 1.03 bits per heavy atom. The van der Waals surface area contributed by atoms with Gasteiger partial charge >= 0.3 is 0 Å². The first-order chi connectivity index (χ1) is 14.6. The largest absolute Gasteiger partial charge is 0.378 e. The molecule has 3 aliphatic heterocycles. The van der Waals surface area contributed by atoms with E-state index in [1.165, 1.54) is 5.56 Å². The first-order valence-electron chi connectivity index (χ1n) is 11.1. The van der Waals surface area contributed by atoms with Gasteiger partial charge in [-0.25, -0.2) is 4.39 Å². The normalized spacial score (nSPS) is 26.1. The Morgan fingerprint density at radius 3 is 2.43 bits per heavy atom. The third-order valence-electron chi connectivity index (χ3n) is 7.11. The van der Waals surface area contributed by atoms with Crippen molar-refractivity contribution < 1.29 is 13.9 Å². The highest BCUT2D eigenvalue weighted by atomic mass is 19.1. The Hall–Kier alpha value is -2.40. The smallest absolute Gasteiger partial charge is 0.256 e. The van der Waals surface area contributed by atoms with Crippen molar-refractivity contribution in [2.24, 2.45) is 0 Å². The minimum Gasteiger partial charge on any atom is -0.378 e. The van der Waals surface area contributed by atoms with E-state index in [0.717, 1.165) is 50.0 Å². The summed E-state index contributed by atoms with van der Waals surface area (Å²) in [6, 6.07) is 14.1. The van der Waals surface area contributed by atoms with Crippen LogP contribution in [0.1, 0.15) is 53.1 Å². The number of nitrogens with zero attached hydrogens (tertiary/aromatic N) is 2. The van der Waals surface area contributed by atoms with E-state index in [1.54, 1.807) is 6.07 Å². The molecule has 3 fully saturated rings. The molecule has 4 nitrogen and oxygen atoms in total. The first kappa shape index (κ1) is 19.6. The summed E-state index contributed by atoms with van der Waals surface area (Å²) >= 11 is 0. The van der Waals surface area contributed by atoms with Gasteiger partial charge in [0.05, 0.1) is 18.8 Å². The Morgan fingerprint density at radius 2 is 1.73 bits per heavy atom. The number of morpholine rings is 1. The molecule has 3 atom stereocenters. The fraction of sp³-hybridized carbons (Fsp3) is 0.480. The lowest BCUT2D eigenvalue weighted by atomic mass is 9.84. The van der Waals surface area contributed by atoms with Crippen LogP contribution in [0.5, 0.6) is 0 Å². The van der Waals surface area contributed by atoms with E-state index >= 15 is 0 Å². The van der Waals surface area contributed by atoms with Gasteiger partial charge < -0.3 is 14.5 Å². The zero-order valence-electron chi connectivity index (χ0n) is 17.5. The third-order valence-corrected chi connectivity index (χ3v) is 7.11. The second kappa shape index (κ2) is 8.03. The number of aryl methyl sites for hydroxylation is 1. The maximum Gasteiger partial charge on any atom is 0.256 e. The van der Waals surface area contributed by atoms with Gasteiger partial charge in [0.15, 0.2) is 0 Å². The summed E-state index contributed by atoms with van der Waals surface area (Å²) in [4.78, 5) is 18.1. The summed E-state index contributed by atoms with van der Waals surface area (Å²) in [7, 11) is 0. The summed E-state index contributed by atoms with van der Waals surface area (Å²) in [5, 5.41) is 0. The molecule has 5 heteroatoms. The molecular formula is C25H29FN2O2. The highest BCUT2D eigenvalue weighted by Gasteiger charge is 2.44. The molecule has 30 heavy (non-hydrogen) atoms. The van der Waals surface area contributed by atoms with Crippen molar-refractivity contribution >= 4 is 11.6 Å². The fourth-order valence-corrected chi connectivity index (χ4v) is 5.58. The second-order valence-electron chi connectivity index (χ2n) is 8.89. The second-order valence-corrected chi connectivity index (χ2v) is 8.89. The quantitative estimate of drug-likeness (QED) is 0.749. The Bertz CT molecular complexity index is 926. The van der Waals surface area contributed by atoms with Crippen LogP contribution < -0.4 is 4.90 Å². The molecule has 2 aromatic rings. The highest BCUT2D eigenvalue weighted by molar-refractivity contribution is 6.00. The molecule has 5 rings (SSSR count). The number of amides is 1.